The molecule has 0 saturated carbocycles. The lowest BCUT2D eigenvalue weighted by atomic mass is 9.73. The predicted molar refractivity (Wildman–Crippen MR) is 86.2 cm³/mol. The van der Waals surface area contributed by atoms with Crippen LogP contribution in [0.4, 0.5) is 13.2 Å². The number of hydrogen-bond donors (Lipinski definition) is 1. The molecule has 2 heterocycles. The number of amides is 1. The van der Waals surface area contributed by atoms with Crippen molar-refractivity contribution in [1.82, 2.24) is 9.80 Å². The minimum atomic E-state index is -0.917. The van der Waals surface area contributed by atoms with Crippen molar-refractivity contribution >= 4 is 5.91 Å². The second kappa shape index (κ2) is 7.33. The minimum absolute atomic E-state index is 0.0485. The van der Waals surface area contributed by atoms with Gasteiger partial charge >= 0.3 is 0 Å². The Morgan fingerprint density at radius 2 is 1.84 bits per heavy atom. The molecule has 1 atom stereocenters. The fraction of sp³-hybridized carbons (Fsp3) is 0.611. The van der Waals surface area contributed by atoms with Crippen LogP contribution in [0.1, 0.15) is 31.2 Å². The second-order valence-electron chi connectivity index (χ2n) is 7.20. The Labute approximate surface area is 145 Å². The molecule has 2 saturated heterocycles. The molecule has 2 fully saturated rings. The smallest absolute Gasteiger partial charge is 0.222 e. The van der Waals surface area contributed by atoms with Crippen molar-refractivity contribution in [2.24, 2.45) is 5.41 Å². The van der Waals surface area contributed by atoms with Gasteiger partial charge in [-0.1, -0.05) is 0 Å². The predicted octanol–water partition coefficient (Wildman–Crippen LogP) is 2.30. The van der Waals surface area contributed by atoms with Crippen LogP contribution in [0.5, 0.6) is 0 Å². The first-order chi connectivity index (χ1) is 11.9. The number of nitrogens with zero attached hydrogens (tertiary/aromatic N) is 2. The van der Waals surface area contributed by atoms with Crippen LogP contribution in [0.15, 0.2) is 12.1 Å². The van der Waals surface area contributed by atoms with E-state index in [0.717, 1.165) is 19.3 Å². The summed E-state index contributed by atoms with van der Waals surface area (Å²) in [5, 5.41) is 9.14. The molecule has 1 N–H and O–H groups in total. The first kappa shape index (κ1) is 18.2. The van der Waals surface area contributed by atoms with Gasteiger partial charge in [-0.25, -0.2) is 13.2 Å². The summed E-state index contributed by atoms with van der Waals surface area (Å²) in [5.74, 6) is -2.59. The van der Waals surface area contributed by atoms with Crippen molar-refractivity contribution < 1.29 is 23.1 Å². The van der Waals surface area contributed by atoms with E-state index in [9.17, 15) is 18.0 Å². The molecule has 4 nitrogen and oxygen atoms in total. The average Bonchev–Trinajstić information content (AvgIpc) is 2.55. The standard InChI is InChI=1S/C18H23F3N2O2/c19-13-8-15(20)14(16(21)9-13)10-22-5-1-3-18(11-22)4-2-17(25)23(12-18)6-7-24/h8-9,24H,1-7,10-12H2. The molecule has 3 rings (SSSR count). The van der Waals surface area contributed by atoms with Crippen LogP contribution < -0.4 is 0 Å². The number of β-amino-alcohol motifs (C(OH)–C–C–N with tert-alkyl or cyclic N) is 1. The Hall–Kier alpha value is -1.60. The van der Waals surface area contributed by atoms with E-state index in [0.29, 0.717) is 44.7 Å². The zero-order valence-electron chi connectivity index (χ0n) is 14.1. The molecule has 1 aromatic carbocycles. The normalized spacial score (nSPS) is 25.0. The highest BCUT2D eigenvalue weighted by Crippen LogP contribution is 2.39. The third-order valence-corrected chi connectivity index (χ3v) is 5.35. The Balaban J connectivity index is 1.72. The van der Waals surface area contributed by atoms with Crippen LogP contribution in [0.25, 0.3) is 0 Å². The summed E-state index contributed by atoms with van der Waals surface area (Å²) in [6.07, 6.45) is 3.02. The van der Waals surface area contributed by atoms with Gasteiger partial charge in [-0.15, -0.1) is 0 Å². The Morgan fingerprint density at radius 1 is 1.12 bits per heavy atom. The zero-order chi connectivity index (χ0) is 18.0. The molecule has 1 unspecified atom stereocenters. The Morgan fingerprint density at radius 3 is 2.52 bits per heavy atom. The number of rotatable bonds is 4. The topological polar surface area (TPSA) is 43.8 Å². The molecule has 0 bridgehead atoms. The number of benzene rings is 1. The molecule has 138 valence electrons. The monoisotopic (exact) mass is 356 g/mol. The quantitative estimate of drug-likeness (QED) is 0.900. The highest BCUT2D eigenvalue weighted by Gasteiger charge is 2.41. The molecule has 0 aliphatic carbocycles. The van der Waals surface area contributed by atoms with Gasteiger partial charge in [0.2, 0.25) is 5.91 Å². The van der Waals surface area contributed by atoms with Crippen LogP contribution in [-0.4, -0.2) is 53.6 Å². The van der Waals surface area contributed by atoms with E-state index in [-0.39, 0.29) is 30.0 Å². The molecule has 1 spiro atoms. The van der Waals surface area contributed by atoms with Crippen molar-refractivity contribution in [3.63, 3.8) is 0 Å². The van der Waals surface area contributed by atoms with E-state index in [4.69, 9.17) is 5.11 Å². The SMILES string of the molecule is O=C1CCC2(CCCN(Cc3c(F)cc(F)cc3F)C2)CN1CCO. The van der Waals surface area contributed by atoms with E-state index in [1.807, 2.05) is 4.90 Å². The number of hydrogen-bond acceptors (Lipinski definition) is 3. The average molecular weight is 356 g/mol. The van der Waals surface area contributed by atoms with Gasteiger partial charge in [0.1, 0.15) is 17.5 Å². The molecule has 0 aromatic heterocycles. The van der Waals surface area contributed by atoms with E-state index < -0.39 is 17.5 Å². The first-order valence-corrected chi connectivity index (χ1v) is 8.67. The molecular formula is C18H23F3N2O2. The third kappa shape index (κ3) is 3.98. The summed E-state index contributed by atoms with van der Waals surface area (Å²) in [6.45, 7) is 2.26. The highest BCUT2D eigenvalue weighted by molar-refractivity contribution is 5.77. The lowest BCUT2D eigenvalue weighted by Gasteiger charge is -2.48. The van der Waals surface area contributed by atoms with Crippen molar-refractivity contribution in [1.29, 1.82) is 0 Å². The molecule has 1 aromatic rings. The molecule has 0 radical (unpaired) electrons. The van der Waals surface area contributed by atoms with Crippen molar-refractivity contribution in [2.75, 3.05) is 32.8 Å². The third-order valence-electron chi connectivity index (χ3n) is 5.35. The number of carbonyl (C=O) groups is 1. The summed E-state index contributed by atoms with van der Waals surface area (Å²) in [6, 6.07) is 1.42. The fourth-order valence-corrected chi connectivity index (χ4v) is 4.15. The van der Waals surface area contributed by atoms with Crippen molar-refractivity contribution in [2.45, 2.75) is 32.2 Å². The first-order valence-electron chi connectivity index (χ1n) is 8.67. The number of carbonyl (C=O) groups excluding carboxylic acids is 1. The summed E-state index contributed by atoms with van der Waals surface area (Å²) >= 11 is 0. The largest absolute Gasteiger partial charge is 0.395 e. The van der Waals surface area contributed by atoms with Crippen LogP contribution in [0.3, 0.4) is 0 Å². The van der Waals surface area contributed by atoms with Gasteiger partial charge in [0.15, 0.2) is 0 Å². The second-order valence-corrected chi connectivity index (χ2v) is 7.20. The van der Waals surface area contributed by atoms with E-state index >= 15 is 0 Å². The number of aliphatic hydroxyl groups is 1. The molecule has 2 aliphatic heterocycles. The van der Waals surface area contributed by atoms with Crippen LogP contribution >= 0.6 is 0 Å². The summed E-state index contributed by atoms with van der Waals surface area (Å²) < 4.78 is 40.9. The number of halogens is 3. The highest BCUT2D eigenvalue weighted by atomic mass is 19.1. The van der Waals surface area contributed by atoms with Gasteiger partial charge in [0, 0.05) is 55.7 Å². The van der Waals surface area contributed by atoms with E-state index in [2.05, 4.69) is 0 Å². The van der Waals surface area contributed by atoms with Gasteiger partial charge in [-0.3, -0.25) is 9.69 Å². The number of piperidine rings is 2. The molecule has 7 heteroatoms. The Kier molecular flexibility index (Phi) is 5.34. The van der Waals surface area contributed by atoms with Crippen LogP contribution in [0, 0.1) is 22.9 Å². The van der Waals surface area contributed by atoms with Gasteiger partial charge in [0.05, 0.1) is 6.61 Å². The van der Waals surface area contributed by atoms with Crippen molar-refractivity contribution in [3.05, 3.63) is 35.1 Å². The molecule has 1 amide bonds. The number of aliphatic hydroxyl groups excluding tert-OH is 1. The lowest BCUT2D eigenvalue weighted by Crippen LogP contribution is -2.54. The minimum Gasteiger partial charge on any atom is -0.395 e. The maximum Gasteiger partial charge on any atom is 0.222 e. The summed E-state index contributed by atoms with van der Waals surface area (Å²) in [5.41, 5.74) is -0.216. The van der Waals surface area contributed by atoms with E-state index in [1.165, 1.54) is 0 Å². The number of likely N-dealkylation sites (tertiary alicyclic amines) is 2. The van der Waals surface area contributed by atoms with Gasteiger partial charge in [0.25, 0.3) is 0 Å². The van der Waals surface area contributed by atoms with Crippen LogP contribution in [-0.2, 0) is 11.3 Å². The zero-order valence-corrected chi connectivity index (χ0v) is 14.1. The maximum atomic E-state index is 13.9. The molecular weight excluding hydrogens is 333 g/mol. The van der Waals surface area contributed by atoms with Crippen LogP contribution in [0.2, 0.25) is 0 Å². The van der Waals surface area contributed by atoms with Gasteiger partial charge in [-0.05, 0) is 25.8 Å². The molecule has 2 aliphatic rings. The fourth-order valence-electron chi connectivity index (χ4n) is 4.15. The summed E-state index contributed by atoms with van der Waals surface area (Å²) in [7, 11) is 0. The maximum absolute atomic E-state index is 13.9. The van der Waals surface area contributed by atoms with E-state index in [1.54, 1.807) is 4.90 Å². The molecule has 25 heavy (non-hydrogen) atoms. The summed E-state index contributed by atoms with van der Waals surface area (Å²) in [4.78, 5) is 15.6. The van der Waals surface area contributed by atoms with Gasteiger partial charge in [-0.2, -0.15) is 0 Å². The Bertz CT molecular complexity index is 632. The lowest BCUT2D eigenvalue weighted by molar-refractivity contribution is -0.140. The van der Waals surface area contributed by atoms with Crippen molar-refractivity contribution in [3.8, 4) is 0 Å². The van der Waals surface area contributed by atoms with Gasteiger partial charge < -0.3 is 10.0 Å².